The van der Waals surface area contributed by atoms with E-state index in [1.54, 1.807) is 11.9 Å². The molecule has 1 amide bonds. The summed E-state index contributed by atoms with van der Waals surface area (Å²) in [6.45, 7) is 8.91. The fourth-order valence-corrected chi connectivity index (χ4v) is 3.29. The molecule has 5 nitrogen and oxygen atoms in total. The molecule has 3 rings (SSSR count). The molecule has 0 bridgehead atoms. The van der Waals surface area contributed by atoms with E-state index in [-0.39, 0.29) is 5.91 Å². The van der Waals surface area contributed by atoms with Gasteiger partial charge in [-0.1, -0.05) is 54.1 Å². The monoisotopic (exact) mass is 391 g/mol. The molecule has 0 radical (unpaired) electrons. The van der Waals surface area contributed by atoms with Crippen LogP contribution >= 0.6 is 0 Å². The maximum Gasteiger partial charge on any atom is 0.275 e. The van der Waals surface area contributed by atoms with Crippen molar-refractivity contribution in [1.82, 2.24) is 14.8 Å². The lowest BCUT2D eigenvalue weighted by atomic mass is 10.0. The quantitative estimate of drug-likeness (QED) is 0.564. The number of benzene rings is 2. The standard InChI is InChI=1S/C24H29N3O2/c1-5-26(4)24(28)22-17-29-23(25-22)16-27(14-20-9-7-6-8-10-20)15-21-12-11-18(2)13-19(21)3/h6-13,17H,5,14-16H2,1-4H3. The Kier molecular flexibility index (Phi) is 6.83. The first-order valence-corrected chi connectivity index (χ1v) is 9.98. The summed E-state index contributed by atoms with van der Waals surface area (Å²) in [6.07, 6.45) is 1.46. The third-order valence-electron chi connectivity index (χ3n) is 5.09. The molecule has 0 atom stereocenters. The van der Waals surface area contributed by atoms with Crippen molar-refractivity contribution in [3.05, 3.63) is 88.6 Å². The molecule has 0 aliphatic carbocycles. The van der Waals surface area contributed by atoms with Gasteiger partial charge in [0.25, 0.3) is 5.91 Å². The van der Waals surface area contributed by atoms with Gasteiger partial charge < -0.3 is 9.32 Å². The van der Waals surface area contributed by atoms with E-state index in [2.05, 4.69) is 54.1 Å². The van der Waals surface area contributed by atoms with E-state index in [9.17, 15) is 4.79 Å². The summed E-state index contributed by atoms with van der Waals surface area (Å²) in [5, 5.41) is 0. The van der Waals surface area contributed by atoms with E-state index < -0.39 is 0 Å². The van der Waals surface area contributed by atoms with Crippen LogP contribution in [0.25, 0.3) is 0 Å². The zero-order chi connectivity index (χ0) is 20.8. The number of carbonyl (C=O) groups excluding carboxylic acids is 1. The largest absolute Gasteiger partial charge is 0.447 e. The number of oxazole rings is 1. The molecular weight excluding hydrogens is 362 g/mol. The Bertz CT molecular complexity index is 950. The summed E-state index contributed by atoms with van der Waals surface area (Å²) in [5.41, 5.74) is 5.40. The van der Waals surface area contributed by atoms with Crippen molar-refractivity contribution in [1.29, 1.82) is 0 Å². The maximum absolute atomic E-state index is 12.3. The lowest BCUT2D eigenvalue weighted by molar-refractivity contribution is 0.0796. The summed E-state index contributed by atoms with van der Waals surface area (Å²) in [4.78, 5) is 20.7. The van der Waals surface area contributed by atoms with Gasteiger partial charge in [0.15, 0.2) is 5.69 Å². The van der Waals surface area contributed by atoms with Crippen LogP contribution in [0.3, 0.4) is 0 Å². The van der Waals surface area contributed by atoms with Gasteiger partial charge in [-0.25, -0.2) is 4.98 Å². The highest BCUT2D eigenvalue weighted by atomic mass is 16.3. The van der Waals surface area contributed by atoms with Crippen LogP contribution < -0.4 is 0 Å². The second-order valence-electron chi connectivity index (χ2n) is 7.51. The number of carbonyl (C=O) groups is 1. The molecule has 0 aliphatic rings. The number of amides is 1. The smallest absolute Gasteiger partial charge is 0.275 e. The van der Waals surface area contributed by atoms with E-state index in [0.717, 1.165) is 13.1 Å². The Morgan fingerprint density at radius 3 is 2.48 bits per heavy atom. The fourth-order valence-electron chi connectivity index (χ4n) is 3.29. The third-order valence-corrected chi connectivity index (χ3v) is 5.09. The molecule has 29 heavy (non-hydrogen) atoms. The SMILES string of the molecule is CCN(C)C(=O)c1coc(CN(Cc2ccccc2)Cc2ccc(C)cc2C)n1. The third kappa shape index (κ3) is 5.55. The molecule has 0 saturated heterocycles. The number of hydrogen-bond acceptors (Lipinski definition) is 4. The predicted molar refractivity (Wildman–Crippen MR) is 114 cm³/mol. The first-order chi connectivity index (χ1) is 14.0. The van der Waals surface area contributed by atoms with Crippen LogP contribution in [-0.4, -0.2) is 34.3 Å². The molecule has 0 unspecified atom stereocenters. The molecule has 152 valence electrons. The first-order valence-electron chi connectivity index (χ1n) is 9.98. The zero-order valence-corrected chi connectivity index (χ0v) is 17.7. The normalized spacial score (nSPS) is 11.1. The molecule has 0 spiro atoms. The molecule has 1 aromatic heterocycles. The van der Waals surface area contributed by atoms with Crippen LogP contribution in [0.1, 0.15) is 45.6 Å². The Labute approximate surface area is 173 Å². The molecule has 0 fully saturated rings. The van der Waals surface area contributed by atoms with Crippen LogP contribution in [-0.2, 0) is 19.6 Å². The average molecular weight is 392 g/mol. The van der Waals surface area contributed by atoms with Crippen molar-refractivity contribution < 1.29 is 9.21 Å². The zero-order valence-electron chi connectivity index (χ0n) is 17.7. The van der Waals surface area contributed by atoms with Gasteiger partial charge in [-0.05, 0) is 37.5 Å². The lowest BCUT2D eigenvalue weighted by Crippen LogP contribution is -2.26. The van der Waals surface area contributed by atoms with Gasteiger partial charge >= 0.3 is 0 Å². The second kappa shape index (κ2) is 9.52. The van der Waals surface area contributed by atoms with E-state index in [4.69, 9.17) is 4.42 Å². The van der Waals surface area contributed by atoms with Gasteiger partial charge in [-0.15, -0.1) is 0 Å². The van der Waals surface area contributed by atoms with E-state index in [0.29, 0.717) is 24.7 Å². The Hall–Kier alpha value is -2.92. The molecule has 2 aromatic carbocycles. The van der Waals surface area contributed by atoms with Crippen molar-refractivity contribution in [2.24, 2.45) is 0 Å². The molecule has 0 aliphatic heterocycles. The Morgan fingerprint density at radius 2 is 1.79 bits per heavy atom. The van der Waals surface area contributed by atoms with Crippen molar-refractivity contribution in [2.75, 3.05) is 13.6 Å². The van der Waals surface area contributed by atoms with Crippen LogP contribution in [0, 0.1) is 13.8 Å². The summed E-state index contributed by atoms with van der Waals surface area (Å²) < 4.78 is 5.64. The van der Waals surface area contributed by atoms with Crippen molar-refractivity contribution >= 4 is 5.91 Å². The Morgan fingerprint density at radius 1 is 1.03 bits per heavy atom. The number of aromatic nitrogens is 1. The summed E-state index contributed by atoms with van der Waals surface area (Å²) in [5.74, 6) is 0.435. The predicted octanol–water partition coefficient (Wildman–Crippen LogP) is 4.59. The highest BCUT2D eigenvalue weighted by molar-refractivity contribution is 5.91. The molecule has 5 heteroatoms. The molecule has 0 N–H and O–H groups in total. The lowest BCUT2D eigenvalue weighted by Gasteiger charge is -2.22. The number of hydrogen-bond donors (Lipinski definition) is 0. The van der Waals surface area contributed by atoms with Crippen LogP contribution in [0.2, 0.25) is 0 Å². The minimum absolute atomic E-state index is 0.119. The van der Waals surface area contributed by atoms with Crippen molar-refractivity contribution in [2.45, 2.75) is 40.4 Å². The number of aryl methyl sites for hydroxylation is 2. The van der Waals surface area contributed by atoms with Crippen LogP contribution in [0.15, 0.2) is 59.2 Å². The van der Waals surface area contributed by atoms with Gasteiger partial charge in [0, 0.05) is 26.7 Å². The topological polar surface area (TPSA) is 49.6 Å². The summed E-state index contributed by atoms with van der Waals surface area (Å²) in [7, 11) is 1.76. The second-order valence-corrected chi connectivity index (χ2v) is 7.51. The van der Waals surface area contributed by atoms with Crippen LogP contribution in [0.4, 0.5) is 0 Å². The van der Waals surface area contributed by atoms with Crippen molar-refractivity contribution in [3.63, 3.8) is 0 Å². The van der Waals surface area contributed by atoms with E-state index in [1.165, 1.54) is 28.5 Å². The van der Waals surface area contributed by atoms with Gasteiger partial charge in [-0.2, -0.15) is 0 Å². The van der Waals surface area contributed by atoms with Crippen molar-refractivity contribution in [3.8, 4) is 0 Å². The van der Waals surface area contributed by atoms with Gasteiger partial charge in [0.05, 0.1) is 6.54 Å². The van der Waals surface area contributed by atoms with Gasteiger partial charge in [0.2, 0.25) is 5.89 Å². The number of nitrogens with zero attached hydrogens (tertiary/aromatic N) is 3. The van der Waals surface area contributed by atoms with E-state index >= 15 is 0 Å². The summed E-state index contributed by atoms with van der Waals surface area (Å²) in [6, 6.07) is 16.9. The molecule has 1 heterocycles. The first kappa shape index (κ1) is 20.8. The highest BCUT2D eigenvalue weighted by Gasteiger charge is 2.18. The van der Waals surface area contributed by atoms with Gasteiger partial charge in [0.1, 0.15) is 6.26 Å². The highest BCUT2D eigenvalue weighted by Crippen LogP contribution is 2.18. The summed E-state index contributed by atoms with van der Waals surface area (Å²) >= 11 is 0. The minimum Gasteiger partial charge on any atom is -0.447 e. The average Bonchev–Trinajstić information content (AvgIpc) is 3.18. The van der Waals surface area contributed by atoms with E-state index in [1.807, 2.05) is 25.1 Å². The number of rotatable bonds is 8. The van der Waals surface area contributed by atoms with Crippen LogP contribution in [0.5, 0.6) is 0 Å². The molecule has 3 aromatic rings. The fraction of sp³-hybridized carbons (Fsp3) is 0.333. The molecule has 0 saturated carbocycles. The Balaban J connectivity index is 1.79. The minimum atomic E-state index is -0.119. The van der Waals surface area contributed by atoms with Gasteiger partial charge in [-0.3, -0.25) is 9.69 Å². The maximum atomic E-state index is 12.3. The molecular formula is C24H29N3O2.